The number of likely N-dealkylation sites (tertiary alicyclic amines) is 1. The van der Waals surface area contributed by atoms with Crippen LogP contribution in [0.25, 0.3) is 0 Å². The van der Waals surface area contributed by atoms with Gasteiger partial charge >= 0.3 is 0 Å². The number of aliphatic hydroxyl groups is 2. The fourth-order valence-electron chi connectivity index (χ4n) is 2.12. The van der Waals surface area contributed by atoms with Gasteiger partial charge in [-0.25, -0.2) is 0 Å². The minimum Gasteiger partial charge on any atom is -0.396 e. The molecule has 1 unspecified atom stereocenters. The van der Waals surface area contributed by atoms with Crippen molar-refractivity contribution in [3.8, 4) is 0 Å². The van der Waals surface area contributed by atoms with Gasteiger partial charge in [-0.1, -0.05) is 13.8 Å². The predicted octanol–water partition coefficient (Wildman–Crippen LogP) is 0.709. The number of piperidine rings is 1. The lowest BCUT2D eigenvalue weighted by Crippen LogP contribution is -2.44. The van der Waals surface area contributed by atoms with E-state index in [9.17, 15) is 10.2 Å². The van der Waals surface area contributed by atoms with E-state index in [1.165, 1.54) is 12.8 Å². The van der Waals surface area contributed by atoms with Crippen LogP contribution in [0.3, 0.4) is 0 Å². The molecule has 1 heterocycles. The lowest BCUT2D eigenvalue weighted by atomic mass is 9.90. The molecule has 3 nitrogen and oxygen atoms in total. The van der Waals surface area contributed by atoms with Crippen LogP contribution < -0.4 is 0 Å². The third-order valence-electron chi connectivity index (χ3n) is 3.11. The molecule has 1 atom stereocenters. The van der Waals surface area contributed by atoms with Gasteiger partial charge in [-0.05, 0) is 25.3 Å². The van der Waals surface area contributed by atoms with Crippen molar-refractivity contribution < 1.29 is 10.2 Å². The topological polar surface area (TPSA) is 43.7 Å². The third kappa shape index (κ3) is 3.23. The molecule has 0 saturated carbocycles. The molecule has 0 aromatic carbocycles. The number of rotatable bonds is 4. The number of hydrogen-bond acceptors (Lipinski definition) is 3. The Bertz CT molecular complexity index is 169. The second-order valence-corrected chi connectivity index (χ2v) is 5.11. The standard InChI is InChI=1S/C11H23NO2/c1-10-4-3-5-12(6-10)7-11(2,8-13)9-14/h10,13-14H,3-9H2,1-2H3. The van der Waals surface area contributed by atoms with Gasteiger partial charge in [0.1, 0.15) is 0 Å². The third-order valence-corrected chi connectivity index (χ3v) is 3.11. The van der Waals surface area contributed by atoms with Crippen LogP contribution in [-0.2, 0) is 0 Å². The van der Waals surface area contributed by atoms with Gasteiger partial charge in [-0.2, -0.15) is 0 Å². The van der Waals surface area contributed by atoms with Crippen molar-refractivity contribution in [1.29, 1.82) is 0 Å². The Hall–Kier alpha value is -0.120. The van der Waals surface area contributed by atoms with E-state index < -0.39 is 0 Å². The maximum Gasteiger partial charge on any atom is 0.0519 e. The first-order valence-electron chi connectivity index (χ1n) is 5.54. The Morgan fingerprint density at radius 3 is 2.50 bits per heavy atom. The Morgan fingerprint density at radius 1 is 1.36 bits per heavy atom. The van der Waals surface area contributed by atoms with Crippen LogP contribution >= 0.6 is 0 Å². The fourth-order valence-corrected chi connectivity index (χ4v) is 2.12. The molecule has 1 aliphatic heterocycles. The summed E-state index contributed by atoms with van der Waals surface area (Å²) in [5.74, 6) is 0.755. The van der Waals surface area contributed by atoms with Gasteiger partial charge in [-0.3, -0.25) is 0 Å². The summed E-state index contributed by atoms with van der Waals surface area (Å²) in [6, 6.07) is 0. The smallest absolute Gasteiger partial charge is 0.0519 e. The molecule has 0 aromatic rings. The highest BCUT2D eigenvalue weighted by atomic mass is 16.3. The summed E-state index contributed by atoms with van der Waals surface area (Å²) in [6.45, 7) is 7.36. The molecule has 2 N–H and O–H groups in total. The van der Waals surface area contributed by atoms with Crippen LogP contribution in [0.5, 0.6) is 0 Å². The van der Waals surface area contributed by atoms with Crippen molar-refractivity contribution in [2.75, 3.05) is 32.8 Å². The molecule has 0 spiro atoms. The highest BCUT2D eigenvalue weighted by Gasteiger charge is 2.27. The van der Waals surface area contributed by atoms with Gasteiger partial charge < -0.3 is 15.1 Å². The van der Waals surface area contributed by atoms with Crippen LogP contribution in [0, 0.1) is 11.3 Å². The van der Waals surface area contributed by atoms with E-state index in [1.54, 1.807) is 0 Å². The molecule has 0 aromatic heterocycles. The van der Waals surface area contributed by atoms with Gasteiger partial charge in [-0.15, -0.1) is 0 Å². The fraction of sp³-hybridized carbons (Fsp3) is 1.00. The summed E-state index contributed by atoms with van der Waals surface area (Å²) >= 11 is 0. The van der Waals surface area contributed by atoms with E-state index in [2.05, 4.69) is 11.8 Å². The van der Waals surface area contributed by atoms with Crippen LogP contribution in [0.4, 0.5) is 0 Å². The molecule has 0 aliphatic carbocycles. The van der Waals surface area contributed by atoms with Crippen LogP contribution in [0.15, 0.2) is 0 Å². The zero-order valence-corrected chi connectivity index (χ0v) is 9.37. The van der Waals surface area contributed by atoms with Gasteiger partial charge in [0.15, 0.2) is 0 Å². The Labute approximate surface area is 86.7 Å². The maximum atomic E-state index is 9.20. The molecule has 14 heavy (non-hydrogen) atoms. The zero-order valence-electron chi connectivity index (χ0n) is 9.37. The summed E-state index contributed by atoms with van der Waals surface area (Å²) in [4.78, 5) is 2.36. The second kappa shape index (κ2) is 5.10. The number of hydrogen-bond donors (Lipinski definition) is 2. The lowest BCUT2D eigenvalue weighted by Gasteiger charge is -2.37. The molecule has 1 rings (SSSR count). The summed E-state index contributed by atoms with van der Waals surface area (Å²) < 4.78 is 0. The van der Waals surface area contributed by atoms with E-state index in [1.807, 2.05) is 6.92 Å². The van der Waals surface area contributed by atoms with E-state index >= 15 is 0 Å². The van der Waals surface area contributed by atoms with Crippen molar-refractivity contribution in [1.82, 2.24) is 4.90 Å². The van der Waals surface area contributed by atoms with Crippen molar-refractivity contribution in [3.63, 3.8) is 0 Å². The average molecular weight is 201 g/mol. The highest BCUT2D eigenvalue weighted by Crippen LogP contribution is 2.21. The van der Waals surface area contributed by atoms with Crippen molar-refractivity contribution in [2.24, 2.45) is 11.3 Å². The molecule has 1 fully saturated rings. The van der Waals surface area contributed by atoms with Gasteiger partial charge in [0.25, 0.3) is 0 Å². The van der Waals surface area contributed by atoms with Gasteiger partial charge in [0.2, 0.25) is 0 Å². The normalized spacial score (nSPS) is 25.3. The number of aliphatic hydroxyl groups excluding tert-OH is 2. The van der Waals surface area contributed by atoms with Crippen molar-refractivity contribution in [2.45, 2.75) is 26.7 Å². The Kier molecular flexibility index (Phi) is 4.35. The molecule has 1 aliphatic rings. The predicted molar refractivity (Wildman–Crippen MR) is 57.1 cm³/mol. The molecule has 84 valence electrons. The van der Waals surface area contributed by atoms with E-state index in [-0.39, 0.29) is 18.6 Å². The minimum absolute atomic E-state index is 0.0639. The largest absolute Gasteiger partial charge is 0.396 e. The van der Waals surface area contributed by atoms with Gasteiger partial charge in [0, 0.05) is 18.5 Å². The molecule has 1 saturated heterocycles. The first-order chi connectivity index (χ1) is 6.59. The van der Waals surface area contributed by atoms with E-state index in [4.69, 9.17) is 0 Å². The summed E-state index contributed by atoms with van der Waals surface area (Å²) in [5, 5.41) is 18.4. The molecule has 3 heteroatoms. The molecular weight excluding hydrogens is 178 g/mol. The highest BCUT2D eigenvalue weighted by molar-refractivity contribution is 4.80. The van der Waals surface area contributed by atoms with Gasteiger partial charge in [0.05, 0.1) is 13.2 Å². The summed E-state index contributed by atoms with van der Waals surface area (Å²) in [5.41, 5.74) is -0.336. The SMILES string of the molecule is CC1CCCN(CC(C)(CO)CO)C1. The van der Waals surface area contributed by atoms with E-state index in [0.717, 1.165) is 25.6 Å². The number of nitrogens with zero attached hydrogens (tertiary/aromatic N) is 1. The van der Waals surface area contributed by atoms with Crippen molar-refractivity contribution in [3.05, 3.63) is 0 Å². The zero-order chi connectivity index (χ0) is 10.6. The van der Waals surface area contributed by atoms with Crippen molar-refractivity contribution >= 4 is 0 Å². The first-order valence-corrected chi connectivity index (χ1v) is 5.54. The summed E-state index contributed by atoms with van der Waals surface area (Å²) in [7, 11) is 0. The average Bonchev–Trinajstić information content (AvgIpc) is 2.18. The molecule has 0 radical (unpaired) electrons. The lowest BCUT2D eigenvalue weighted by molar-refractivity contribution is 0.0237. The molecule has 0 amide bonds. The van der Waals surface area contributed by atoms with Crippen LogP contribution in [-0.4, -0.2) is 48.0 Å². The molecular formula is C11H23NO2. The maximum absolute atomic E-state index is 9.20. The summed E-state index contributed by atoms with van der Waals surface area (Å²) in [6.07, 6.45) is 2.56. The van der Waals surface area contributed by atoms with Crippen LogP contribution in [0.2, 0.25) is 0 Å². The Balaban J connectivity index is 2.41. The Morgan fingerprint density at radius 2 is 2.00 bits per heavy atom. The van der Waals surface area contributed by atoms with E-state index in [0.29, 0.717) is 0 Å². The first kappa shape index (κ1) is 12.0. The van der Waals surface area contributed by atoms with Crippen LogP contribution in [0.1, 0.15) is 26.7 Å². The quantitative estimate of drug-likeness (QED) is 0.704. The molecule has 0 bridgehead atoms. The monoisotopic (exact) mass is 201 g/mol. The minimum atomic E-state index is -0.336. The second-order valence-electron chi connectivity index (χ2n) is 5.11.